The maximum absolute atomic E-state index is 12.7. The quantitative estimate of drug-likeness (QED) is 0.413. The molecule has 0 bridgehead atoms. The molecule has 0 saturated heterocycles. The van der Waals surface area contributed by atoms with Crippen LogP contribution in [-0.4, -0.2) is 21.7 Å². The van der Waals surface area contributed by atoms with Crippen LogP contribution < -0.4 is 5.32 Å². The Morgan fingerprint density at radius 3 is 2.42 bits per heavy atom. The van der Waals surface area contributed by atoms with Gasteiger partial charge in [0.25, 0.3) is 5.91 Å². The second-order valence-electron chi connectivity index (χ2n) is 8.03. The van der Waals surface area contributed by atoms with E-state index in [-0.39, 0.29) is 23.6 Å². The summed E-state index contributed by atoms with van der Waals surface area (Å²) in [4.78, 5) is 34.1. The fourth-order valence-corrected chi connectivity index (χ4v) is 4.32. The van der Waals surface area contributed by atoms with E-state index in [0.717, 1.165) is 16.7 Å². The van der Waals surface area contributed by atoms with Gasteiger partial charge in [0.05, 0.1) is 11.3 Å². The zero-order valence-electron chi connectivity index (χ0n) is 17.7. The number of ketones is 1. The highest BCUT2D eigenvalue weighted by Gasteiger charge is 2.28. The zero-order valence-corrected chi connectivity index (χ0v) is 18.4. The largest absolute Gasteiger partial charge is 0.294 e. The van der Waals surface area contributed by atoms with Crippen LogP contribution in [0, 0.1) is 0 Å². The molecular weight excluding hydrogens is 434 g/mol. The predicted octanol–water partition coefficient (Wildman–Crippen LogP) is 5.96. The summed E-state index contributed by atoms with van der Waals surface area (Å²) in [5, 5.41) is 3.39. The number of amides is 1. The normalized spacial score (nSPS) is 15.1. The van der Waals surface area contributed by atoms with Crippen LogP contribution in [0.5, 0.6) is 0 Å². The van der Waals surface area contributed by atoms with Crippen LogP contribution in [0.2, 0.25) is 5.02 Å². The topological polar surface area (TPSA) is 72.0 Å². The van der Waals surface area contributed by atoms with Crippen molar-refractivity contribution in [3.8, 4) is 11.1 Å². The van der Waals surface area contributed by atoms with E-state index in [1.165, 1.54) is 6.20 Å². The molecule has 33 heavy (non-hydrogen) atoms. The number of fused-ring (bicyclic) bond motifs is 1. The van der Waals surface area contributed by atoms with E-state index >= 15 is 0 Å². The monoisotopic (exact) mass is 453 g/mol. The lowest BCUT2D eigenvalue weighted by Gasteiger charge is -2.23. The van der Waals surface area contributed by atoms with E-state index < -0.39 is 0 Å². The third kappa shape index (κ3) is 4.54. The van der Waals surface area contributed by atoms with Crippen LogP contribution >= 0.6 is 11.6 Å². The molecule has 1 aromatic heterocycles. The minimum Gasteiger partial charge on any atom is -0.294 e. The predicted molar refractivity (Wildman–Crippen MR) is 129 cm³/mol. The molecule has 6 heteroatoms. The molecule has 1 amide bonds. The Bertz CT molecular complexity index is 1340. The molecule has 1 N–H and O–H groups in total. The van der Waals surface area contributed by atoms with E-state index in [2.05, 4.69) is 15.3 Å². The summed E-state index contributed by atoms with van der Waals surface area (Å²) in [6, 6.07) is 24.9. The molecule has 4 aromatic rings. The highest BCUT2D eigenvalue weighted by atomic mass is 35.5. The standard InChI is InChI=1S/C27H20ClN3O2/c28-22-8-4-7-20(13-22)21-14-24-23(25(32)15-21)16-29-27(30-24)31-26(33)19-11-9-18(10-12-19)17-5-2-1-3-6-17/h1-13,16,21H,14-15H2,(H,29,30,31,33). The minimum atomic E-state index is -0.303. The summed E-state index contributed by atoms with van der Waals surface area (Å²) in [6.45, 7) is 0. The van der Waals surface area contributed by atoms with E-state index in [1.807, 2.05) is 66.7 Å². The van der Waals surface area contributed by atoms with Crippen LogP contribution in [0.4, 0.5) is 5.95 Å². The maximum Gasteiger partial charge on any atom is 0.258 e. The van der Waals surface area contributed by atoms with Gasteiger partial charge in [-0.25, -0.2) is 9.97 Å². The Labute approximate surface area is 196 Å². The van der Waals surface area contributed by atoms with Crippen molar-refractivity contribution in [2.75, 3.05) is 5.32 Å². The number of anilines is 1. The molecule has 1 aliphatic carbocycles. The van der Waals surface area contributed by atoms with Gasteiger partial charge in [0.2, 0.25) is 5.95 Å². The molecular formula is C27H20ClN3O2. The molecule has 0 fully saturated rings. The first kappa shape index (κ1) is 21.0. The summed E-state index contributed by atoms with van der Waals surface area (Å²) in [5.41, 5.74) is 4.77. The van der Waals surface area contributed by atoms with Gasteiger partial charge in [-0.15, -0.1) is 0 Å². The van der Waals surface area contributed by atoms with Crippen molar-refractivity contribution in [3.63, 3.8) is 0 Å². The van der Waals surface area contributed by atoms with E-state index in [9.17, 15) is 9.59 Å². The van der Waals surface area contributed by atoms with Gasteiger partial charge in [-0.3, -0.25) is 14.9 Å². The van der Waals surface area contributed by atoms with Crippen molar-refractivity contribution in [3.05, 3.63) is 112 Å². The molecule has 5 rings (SSSR count). The molecule has 3 aromatic carbocycles. The second kappa shape index (κ2) is 8.96. The minimum absolute atomic E-state index is 0.00407. The summed E-state index contributed by atoms with van der Waals surface area (Å²) < 4.78 is 0. The molecule has 0 saturated carbocycles. The number of carbonyl (C=O) groups excluding carboxylic acids is 2. The van der Waals surface area contributed by atoms with Crippen molar-refractivity contribution < 1.29 is 9.59 Å². The van der Waals surface area contributed by atoms with Gasteiger partial charge in [0.15, 0.2) is 5.78 Å². The molecule has 0 spiro atoms. The molecule has 1 unspecified atom stereocenters. The molecule has 1 heterocycles. The Kier molecular flexibility index (Phi) is 5.71. The molecule has 1 atom stereocenters. The highest BCUT2D eigenvalue weighted by Crippen LogP contribution is 2.33. The fourth-order valence-electron chi connectivity index (χ4n) is 4.12. The fraction of sp³-hybridized carbons (Fsp3) is 0.111. The summed E-state index contributed by atoms with van der Waals surface area (Å²) >= 11 is 6.13. The Morgan fingerprint density at radius 1 is 0.909 bits per heavy atom. The number of rotatable bonds is 4. The SMILES string of the molecule is O=C(Nc1ncc2c(n1)CC(c1cccc(Cl)c1)CC2=O)c1ccc(-c2ccccc2)cc1. The number of hydrogen-bond donors (Lipinski definition) is 1. The summed E-state index contributed by atoms with van der Waals surface area (Å²) in [5.74, 6) is -0.128. The van der Waals surface area contributed by atoms with Gasteiger partial charge in [0, 0.05) is 23.2 Å². The number of aromatic nitrogens is 2. The Hall–Kier alpha value is -3.83. The second-order valence-corrected chi connectivity index (χ2v) is 8.47. The molecule has 1 aliphatic rings. The number of nitrogens with zero attached hydrogens (tertiary/aromatic N) is 2. The number of benzene rings is 3. The van der Waals surface area contributed by atoms with E-state index in [4.69, 9.17) is 11.6 Å². The van der Waals surface area contributed by atoms with Crippen LogP contribution in [0.3, 0.4) is 0 Å². The van der Waals surface area contributed by atoms with Gasteiger partial charge >= 0.3 is 0 Å². The van der Waals surface area contributed by atoms with Crippen molar-refractivity contribution in [2.45, 2.75) is 18.8 Å². The van der Waals surface area contributed by atoms with E-state index in [0.29, 0.717) is 34.7 Å². The Morgan fingerprint density at radius 2 is 1.67 bits per heavy atom. The van der Waals surface area contributed by atoms with Crippen LogP contribution in [0.15, 0.2) is 85.1 Å². The maximum atomic E-state index is 12.7. The number of halogens is 1. The molecule has 0 radical (unpaired) electrons. The molecule has 162 valence electrons. The average Bonchev–Trinajstić information content (AvgIpc) is 2.84. The van der Waals surface area contributed by atoms with E-state index in [1.54, 1.807) is 12.1 Å². The summed E-state index contributed by atoms with van der Waals surface area (Å²) in [7, 11) is 0. The van der Waals surface area contributed by atoms with Crippen LogP contribution in [0.1, 0.15) is 44.3 Å². The number of Topliss-reactive ketones (excluding diaryl/α,β-unsaturated/α-hetero) is 1. The lowest BCUT2D eigenvalue weighted by atomic mass is 9.82. The van der Waals surface area contributed by atoms with Crippen LogP contribution in [-0.2, 0) is 6.42 Å². The van der Waals surface area contributed by atoms with Gasteiger partial charge in [-0.05, 0) is 53.3 Å². The van der Waals surface area contributed by atoms with Gasteiger partial charge in [-0.2, -0.15) is 0 Å². The Balaban J connectivity index is 1.33. The van der Waals surface area contributed by atoms with Crippen molar-refractivity contribution in [1.82, 2.24) is 9.97 Å². The number of carbonyl (C=O) groups is 2. The van der Waals surface area contributed by atoms with Crippen molar-refractivity contribution in [1.29, 1.82) is 0 Å². The number of hydrogen-bond acceptors (Lipinski definition) is 4. The first-order valence-corrected chi connectivity index (χ1v) is 11.1. The van der Waals surface area contributed by atoms with Gasteiger partial charge < -0.3 is 0 Å². The molecule has 0 aliphatic heterocycles. The lowest BCUT2D eigenvalue weighted by molar-refractivity contribution is 0.0962. The third-order valence-electron chi connectivity index (χ3n) is 5.84. The van der Waals surface area contributed by atoms with Crippen molar-refractivity contribution >= 4 is 29.2 Å². The summed E-state index contributed by atoms with van der Waals surface area (Å²) in [6.07, 6.45) is 2.47. The van der Waals surface area contributed by atoms with Gasteiger partial charge in [0.1, 0.15) is 0 Å². The molecule has 5 nitrogen and oxygen atoms in total. The first-order valence-electron chi connectivity index (χ1n) is 10.7. The highest BCUT2D eigenvalue weighted by molar-refractivity contribution is 6.30. The average molecular weight is 454 g/mol. The lowest BCUT2D eigenvalue weighted by Crippen LogP contribution is -2.22. The third-order valence-corrected chi connectivity index (χ3v) is 6.07. The van der Waals surface area contributed by atoms with Crippen LogP contribution in [0.25, 0.3) is 11.1 Å². The van der Waals surface area contributed by atoms with Crippen molar-refractivity contribution in [2.24, 2.45) is 0 Å². The number of nitrogens with one attached hydrogen (secondary N) is 1. The van der Waals surface area contributed by atoms with Gasteiger partial charge in [-0.1, -0.05) is 66.2 Å². The first-order chi connectivity index (χ1) is 16.1. The zero-order chi connectivity index (χ0) is 22.8. The smallest absolute Gasteiger partial charge is 0.258 e.